The van der Waals surface area contributed by atoms with Crippen LogP contribution < -0.4 is 0 Å². The highest BCUT2D eigenvalue weighted by atomic mass is 16.6. The topological polar surface area (TPSA) is 78.9 Å². The molecule has 0 aliphatic carbocycles. The van der Waals surface area contributed by atoms with E-state index in [0.717, 1.165) is 128 Å². The molecule has 0 radical (unpaired) electrons. The summed E-state index contributed by atoms with van der Waals surface area (Å²) >= 11 is 0. The SMILES string of the molecule is CC/C=C\C/C=C\C/C=C\C/C=C\CCCCC(=O)OC(COC(=O)CCCCC/C=C\C/C=C\C/C=C\CC)COC(=O)CCCCCCCC/C=C\C/C=C\C/C=C\CCCCCCC. The van der Waals surface area contributed by atoms with Crippen LogP contribution >= 0.6 is 0 Å². The summed E-state index contributed by atoms with van der Waals surface area (Å²) in [7, 11) is 0. The van der Waals surface area contributed by atoms with Gasteiger partial charge < -0.3 is 14.2 Å². The van der Waals surface area contributed by atoms with Gasteiger partial charge in [0.2, 0.25) is 0 Å². The minimum absolute atomic E-state index is 0.115. The summed E-state index contributed by atoms with van der Waals surface area (Å²) in [5.74, 6) is -1.00. The second-order valence-corrected chi connectivity index (χ2v) is 17.4. The monoisotopic (exact) mass is 927 g/mol. The molecule has 0 aromatic heterocycles. The van der Waals surface area contributed by atoms with Gasteiger partial charge in [-0.3, -0.25) is 14.4 Å². The number of unbranched alkanes of at least 4 members (excludes halogenated alkanes) is 16. The van der Waals surface area contributed by atoms with E-state index in [0.29, 0.717) is 19.3 Å². The standard InChI is InChI=1S/C61H98O6/c1-4-7-10-13-16-19-22-25-27-28-29-30-31-32-34-36-39-42-45-48-51-54-60(63)66-57-58(56-65-59(62)53-50-47-44-41-38-35-24-21-18-15-12-9-6-3)67-61(64)55-52-49-46-43-40-37-33-26-23-20-17-14-11-8-5-2/h8-9,11-12,17-18,20-22,25-26,28-29,31-33,35,38,40,43,58H,4-7,10,13-16,19,23-24,27,30,34,36-37,39,41-42,44-57H2,1-3H3/b11-8-,12-9-,20-17-,21-18-,25-22-,29-28-,32-31-,33-26-,38-35-,43-40-. The zero-order valence-corrected chi connectivity index (χ0v) is 43.1. The first kappa shape index (κ1) is 62.8. The molecular weight excluding hydrogens is 829 g/mol. The van der Waals surface area contributed by atoms with Crippen molar-refractivity contribution in [1.82, 2.24) is 0 Å². The summed E-state index contributed by atoms with van der Waals surface area (Å²) in [6.07, 6.45) is 74.8. The van der Waals surface area contributed by atoms with Gasteiger partial charge in [-0.2, -0.15) is 0 Å². The predicted molar refractivity (Wildman–Crippen MR) is 288 cm³/mol. The first-order valence-electron chi connectivity index (χ1n) is 27.0. The van der Waals surface area contributed by atoms with E-state index in [1.807, 2.05) is 0 Å². The summed E-state index contributed by atoms with van der Waals surface area (Å²) in [6.45, 7) is 6.31. The predicted octanol–water partition coefficient (Wildman–Crippen LogP) is 18.1. The van der Waals surface area contributed by atoms with E-state index >= 15 is 0 Å². The average molecular weight is 927 g/mol. The fraction of sp³-hybridized carbons (Fsp3) is 0.623. The van der Waals surface area contributed by atoms with Crippen LogP contribution in [0.3, 0.4) is 0 Å². The van der Waals surface area contributed by atoms with E-state index in [1.165, 1.54) is 51.4 Å². The van der Waals surface area contributed by atoms with Crippen molar-refractivity contribution in [2.24, 2.45) is 0 Å². The van der Waals surface area contributed by atoms with E-state index in [2.05, 4.69) is 142 Å². The molecular formula is C61H98O6. The third-order valence-electron chi connectivity index (χ3n) is 10.9. The maximum absolute atomic E-state index is 12.8. The van der Waals surface area contributed by atoms with Crippen LogP contribution in [-0.4, -0.2) is 37.2 Å². The van der Waals surface area contributed by atoms with E-state index < -0.39 is 6.10 Å². The molecule has 0 aliphatic rings. The molecule has 0 fully saturated rings. The van der Waals surface area contributed by atoms with Crippen molar-refractivity contribution in [2.45, 2.75) is 232 Å². The van der Waals surface area contributed by atoms with Gasteiger partial charge >= 0.3 is 17.9 Å². The fourth-order valence-corrected chi connectivity index (χ4v) is 6.92. The van der Waals surface area contributed by atoms with Gasteiger partial charge in [-0.1, -0.05) is 200 Å². The van der Waals surface area contributed by atoms with Crippen LogP contribution in [0.1, 0.15) is 226 Å². The van der Waals surface area contributed by atoms with Crippen molar-refractivity contribution in [3.63, 3.8) is 0 Å². The van der Waals surface area contributed by atoms with Crippen LogP contribution in [0.5, 0.6) is 0 Å². The average Bonchev–Trinajstić information content (AvgIpc) is 3.33. The van der Waals surface area contributed by atoms with E-state index in [9.17, 15) is 14.4 Å². The molecule has 0 saturated heterocycles. The number of carbonyl (C=O) groups excluding carboxylic acids is 3. The van der Waals surface area contributed by atoms with E-state index in [1.54, 1.807) is 0 Å². The fourth-order valence-electron chi connectivity index (χ4n) is 6.92. The van der Waals surface area contributed by atoms with Crippen LogP contribution in [0.4, 0.5) is 0 Å². The van der Waals surface area contributed by atoms with Gasteiger partial charge in [-0.15, -0.1) is 0 Å². The number of hydrogen-bond acceptors (Lipinski definition) is 6. The minimum atomic E-state index is -0.821. The number of ether oxygens (including phenoxy) is 3. The number of hydrogen-bond donors (Lipinski definition) is 0. The number of rotatable bonds is 47. The zero-order chi connectivity index (χ0) is 48.6. The third-order valence-corrected chi connectivity index (χ3v) is 10.9. The Bertz CT molecular complexity index is 1440. The summed E-state index contributed by atoms with van der Waals surface area (Å²) in [5, 5.41) is 0. The summed E-state index contributed by atoms with van der Waals surface area (Å²) < 4.78 is 16.7. The Morgan fingerprint density at radius 2 is 0.582 bits per heavy atom. The van der Waals surface area contributed by atoms with Crippen LogP contribution in [0.2, 0.25) is 0 Å². The van der Waals surface area contributed by atoms with Gasteiger partial charge in [0.05, 0.1) is 0 Å². The van der Waals surface area contributed by atoms with E-state index in [4.69, 9.17) is 14.2 Å². The molecule has 0 heterocycles. The molecule has 6 heteroatoms. The lowest BCUT2D eigenvalue weighted by atomic mass is 10.1. The summed E-state index contributed by atoms with van der Waals surface area (Å²) in [4.78, 5) is 38.0. The molecule has 0 saturated carbocycles. The largest absolute Gasteiger partial charge is 0.462 e. The molecule has 378 valence electrons. The quantitative estimate of drug-likeness (QED) is 0.0262. The van der Waals surface area contributed by atoms with Crippen molar-refractivity contribution in [3.8, 4) is 0 Å². The van der Waals surface area contributed by atoms with Gasteiger partial charge in [-0.25, -0.2) is 0 Å². The van der Waals surface area contributed by atoms with E-state index in [-0.39, 0.29) is 37.5 Å². The van der Waals surface area contributed by atoms with Gasteiger partial charge in [-0.05, 0) is 128 Å². The molecule has 0 rings (SSSR count). The van der Waals surface area contributed by atoms with Crippen LogP contribution in [0.25, 0.3) is 0 Å². The smallest absolute Gasteiger partial charge is 0.306 e. The molecule has 67 heavy (non-hydrogen) atoms. The third kappa shape index (κ3) is 52.6. The summed E-state index contributed by atoms with van der Waals surface area (Å²) in [5.41, 5.74) is 0. The Labute approximate surface area is 412 Å². The van der Waals surface area contributed by atoms with Crippen LogP contribution in [0, 0.1) is 0 Å². The van der Waals surface area contributed by atoms with Crippen molar-refractivity contribution in [1.29, 1.82) is 0 Å². The lowest BCUT2D eigenvalue weighted by molar-refractivity contribution is -0.167. The molecule has 0 aliphatic heterocycles. The number of allylic oxidation sites excluding steroid dienone is 20. The van der Waals surface area contributed by atoms with Crippen molar-refractivity contribution < 1.29 is 28.6 Å². The van der Waals surface area contributed by atoms with Crippen molar-refractivity contribution in [3.05, 3.63) is 122 Å². The first-order valence-corrected chi connectivity index (χ1v) is 27.0. The highest BCUT2D eigenvalue weighted by Gasteiger charge is 2.19. The minimum Gasteiger partial charge on any atom is -0.462 e. The summed E-state index contributed by atoms with van der Waals surface area (Å²) in [6, 6.07) is 0. The molecule has 0 amide bonds. The number of carbonyl (C=O) groups is 3. The lowest BCUT2D eigenvalue weighted by Gasteiger charge is -2.18. The highest BCUT2D eigenvalue weighted by molar-refractivity contribution is 5.71. The molecule has 0 aromatic carbocycles. The Kier molecular flexibility index (Phi) is 51.0. The number of esters is 3. The van der Waals surface area contributed by atoms with Crippen LogP contribution in [0.15, 0.2) is 122 Å². The molecule has 0 aromatic rings. The molecule has 0 bridgehead atoms. The van der Waals surface area contributed by atoms with Crippen LogP contribution in [-0.2, 0) is 28.6 Å². The van der Waals surface area contributed by atoms with Gasteiger partial charge in [0.1, 0.15) is 13.2 Å². The van der Waals surface area contributed by atoms with Gasteiger partial charge in [0, 0.05) is 19.3 Å². The zero-order valence-electron chi connectivity index (χ0n) is 43.1. The Morgan fingerprint density at radius 1 is 0.313 bits per heavy atom. The molecule has 0 N–H and O–H groups in total. The maximum atomic E-state index is 12.8. The lowest BCUT2D eigenvalue weighted by Crippen LogP contribution is -2.30. The molecule has 1 atom stereocenters. The van der Waals surface area contributed by atoms with Gasteiger partial charge in [0.15, 0.2) is 6.10 Å². The van der Waals surface area contributed by atoms with Crippen molar-refractivity contribution >= 4 is 17.9 Å². The maximum Gasteiger partial charge on any atom is 0.306 e. The molecule has 0 spiro atoms. The Hall–Kier alpha value is -4.19. The van der Waals surface area contributed by atoms with Crippen molar-refractivity contribution in [2.75, 3.05) is 13.2 Å². The Morgan fingerprint density at radius 3 is 0.955 bits per heavy atom. The van der Waals surface area contributed by atoms with Gasteiger partial charge in [0.25, 0.3) is 0 Å². The second kappa shape index (κ2) is 54.4. The highest BCUT2D eigenvalue weighted by Crippen LogP contribution is 2.12. The second-order valence-electron chi connectivity index (χ2n) is 17.4. The normalized spacial score (nSPS) is 13.1. The first-order chi connectivity index (χ1) is 33.0. The Balaban J connectivity index is 4.49. The molecule has 1 unspecified atom stereocenters. The molecule has 6 nitrogen and oxygen atoms in total.